The predicted octanol–water partition coefficient (Wildman–Crippen LogP) is 1.33. The molecule has 1 N–H and O–H groups in total. The van der Waals surface area contributed by atoms with Crippen LogP contribution < -0.4 is 0 Å². The van der Waals surface area contributed by atoms with Gasteiger partial charge in [-0.05, 0) is 25.1 Å². The minimum absolute atomic E-state index is 0.0521. The average molecular weight is 259 g/mol. The summed E-state index contributed by atoms with van der Waals surface area (Å²) in [7, 11) is 1.69. The highest BCUT2D eigenvalue weighted by Crippen LogP contribution is 2.13. The fourth-order valence-electron chi connectivity index (χ4n) is 1.74. The molecule has 5 heteroatoms. The van der Waals surface area contributed by atoms with Gasteiger partial charge in [0.25, 0.3) is 5.91 Å². The van der Waals surface area contributed by atoms with Gasteiger partial charge in [-0.25, -0.2) is 4.98 Å². The van der Waals surface area contributed by atoms with Crippen LogP contribution in [-0.4, -0.2) is 45.2 Å². The molecule has 0 aliphatic carbocycles. The molecule has 2 aromatic rings. The van der Waals surface area contributed by atoms with Gasteiger partial charge in [-0.15, -0.1) is 0 Å². The van der Waals surface area contributed by atoms with E-state index in [1.54, 1.807) is 32.6 Å². The largest absolute Gasteiger partial charge is 0.394 e. The first-order valence-corrected chi connectivity index (χ1v) is 6.10. The minimum atomic E-state index is -0.204. The second-order valence-corrected chi connectivity index (χ2v) is 4.47. The Morgan fingerprint density at radius 3 is 2.95 bits per heavy atom. The molecule has 0 aliphatic heterocycles. The Kier molecular flexibility index (Phi) is 3.97. The van der Waals surface area contributed by atoms with Crippen LogP contribution >= 0.6 is 0 Å². The van der Waals surface area contributed by atoms with Gasteiger partial charge in [-0.2, -0.15) is 0 Å². The number of imidazole rings is 1. The fraction of sp³-hybridized carbons (Fsp3) is 0.286. The average Bonchev–Trinajstić information content (AvgIpc) is 2.99. The number of hydrogen-bond donors (Lipinski definition) is 1. The van der Waals surface area contributed by atoms with E-state index in [4.69, 9.17) is 5.11 Å². The normalized spacial score (nSPS) is 12.2. The van der Waals surface area contributed by atoms with Gasteiger partial charge in [0.05, 0.1) is 19.0 Å². The Morgan fingerprint density at radius 1 is 1.53 bits per heavy atom. The van der Waals surface area contributed by atoms with Crippen molar-refractivity contribution in [2.75, 3.05) is 13.7 Å². The summed E-state index contributed by atoms with van der Waals surface area (Å²) in [6.07, 6.45) is 5.20. The molecule has 0 saturated carbocycles. The topological polar surface area (TPSA) is 58.4 Å². The number of amides is 1. The molecule has 1 aromatic carbocycles. The van der Waals surface area contributed by atoms with Gasteiger partial charge in [0.15, 0.2) is 0 Å². The molecule has 1 aromatic heterocycles. The van der Waals surface area contributed by atoms with E-state index in [0.29, 0.717) is 5.56 Å². The van der Waals surface area contributed by atoms with Crippen molar-refractivity contribution in [3.8, 4) is 5.69 Å². The molecular weight excluding hydrogens is 242 g/mol. The molecule has 19 heavy (non-hydrogen) atoms. The number of likely N-dealkylation sites (N-methyl/N-ethyl adjacent to an activating group) is 1. The molecule has 100 valence electrons. The number of hydrogen-bond acceptors (Lipinski definition) is 3. The lowest BCUT2D eigenvalue weighted by Crippen LogP contribution is -2.37. The van der Waals surface area contributed by atoms with Crippen molar-refractivity contribution in [3.05, 3.63) is 48.5 Å². The van der Waals surface area contributed by atoms with Gasteiger partial charge >= 0.3 is 0 Å². The molecule has 0 spiro atoms. The summed E-state index contributed by atoms with van der Waals surface area (Å²) in [4.78, 5) is 17.8. The minimum Gasteiger partial charge on any atom is -0.394 e. The Hall–Kier alpha value is -2.14. The van der Waals surface area contributed by atoms with E-state index in [0.717, 1.165) is 5.69 Å². The van der Waals surface area contributed by atoms with Crippen LogP contribution in [-0.2, 0) is 0 Å². The maximum absolute atomic E-state index is 12.3. The van der Waals surface area contributed by atoms with Crippen molar-refractivity contribution in [3.63, 3.8) is 0 Å². The molecule has 5 nitrogen and oxygen atoms in total. The Balaban J connectivity index is 2.26. The van der Waals surface area contributed by atoms with Crippen molar-refractivity contribution in [2.45, 2.75) is 13.0 Å². The standard InChI is InChI=1S/C14H17N3O2/c1-11(9-18)16(2)14(19)12-4-3-5-13(8-12)17-7-6-15-10-17/h3-8,10-11,18H,9H2,1-2H3. The van der Waals surface area contributed by atoms with E-state index in [9.17, 15) is 4.79 Å². The van der Waals surface area contributed by atoms with E-state index in [-0.39, 0.29) is 18.6 Å². The van der Waals surface area contributed by atoms with E-state index in [2.05, 4.69) is 4.98 Å². The Labute approximate surface area is 112 Å². The van der Waals surface area contributed by atoms with Gasteiger partial charge in [0.1, 0.15) is 0 Å². The highest BCUT2D eigenvalue weighted by Gasteiger charge is 2.17. The van der Waals surface area contributed by atoms with Crippen LogP contribution in [0.25, 0.3) is 5.69 Å². The van der Waals surface area contributed by atoms with Gasteiger partial charge in [-0.1, -0.05) is 6.07 Å². The van der Waals surface area contributed by atoms with Gasteiger partial charge in [-0.3, -0.25) is 4.79 Å². The number of aliphatic hydroxyl groups is 1. The van der Waals surface area contributed by atoms with Crippen LogP contribution in [0.5, 0.6) is 0 Å². The zero-order chi connectivity index (χ0) is 13.8. The first-order valence-electron chi connectivity index (χ1n) is 6.10. The molecule has 0 aliphatic rings. The maximum atomic E-state index is 12.3. The molecule has 2 rings (SSSR count). The highest BCUT2D eigenvalue weighted by atomic mass is 16.3. The van der Waals surface area contributed by atoms with E-state index in [1.165, 1.54) is 4.90 Å². The third-order valence-corrected chi connectivity index (χ3v) is 3.14. The predicted molar refractivity (Wildman–Crippen MR) is 72.2 cm³/mol. The zero-order valence-electron chi connectivity index (χ0n) is 11.0. The lowest BCUT2D eigenvalue weighted by atomic mass is 10.1. The lowest BCUT2D eigenvalue weighted by Gasteiger charge is -2.23. The van der Waals surface area contributed by atoms with Crippen molar-refractivity contribution < 1.29 is 9.90 Å². The maximum Gasteiger partial charge on any atom is 0.253 e. The third kappa shape index (κ3) is 2.82. The number of aliphatic hydroxyl groups excluding tert-OH is 1. The molecule has 0 fully saturated rings. The van der Waals surface area contributed by atoms with Crippen LogP contribution in [0.3, 0.4) is 0 Å². The van der Waals surface area contributed by atoms with Gasteiger partial charge in [0, 0.05) is 30.7 Å². The second-order valence-electron chi connectivity index (χ2n) is 4.47. The molecule has 0 radical (unpaired) electrons. The number of rotatable bonds is 4. The first-order chi connectivity index (χ1) is 9.13. The Bertz CT molecular complexity index is 552. The number of carbonyl (C=O) groups is 1. The summed E-state index contributed by atoms with van der Waals surface area (Å²) >= 11 is 0. The molecule has 1 heterocycles. The second kappa shape index (κ2) is 5.67. The molecular formula is C14H17N3O2. The van der Waals surface area contributed by atoms with Crippen molar-refractivity contribution in [1.82, 2.24) is 14.5 Å². The van der Waals surface area contributed by atoms with Crippen molar-refractivity contribution >= 4 is 5.91 Å². The lowest BCUT2D eigenvalue weighted by molar-refractivity contribution is 0.0682. The van der Waals surface area contributed by atoms with Crippen LogP contribution in [0.15, 0.2) is 43.0 Å². The summed E-state index contributed by atoms with van der Waals surface area (Å²) in [5.74, 6) is -0.108. The van der Waals surface area contributed by atoms with Gasteiger partial charge < -0.3 is 14.6 Å². The summed E-state index contributed by atoms with van der Waals surface area (Å²) in [5.41, 5.74) is 1.47. The summed E-state index contributed by atoms with van der Waals surface area (Å²) in [6.45, 7) is 1.75. The third-order valence-electron chi connectivity index (χ3n) is 3.14. The van der Waals surface area contributed by atoms with Crippen LogP contribution in [0, 0.1) is 0 Å². The number of carbonyl (C=O) groups excluding carboxylic acids is 1. The van der Waals surface area contributed by atoms with Crippen LogP contribution in [0.2, 0.25) is 0 Å². The van der Waals surface area contributed by atoms with Crippen molar-refractivity contribution in [2.24, 2.45) is 0 Å². The summed E-state index contributed by atoms with van der Waals surface area (Å²) < 4.78 is 1.84. The smallest absolute Gasteiger partial charge is 0.253 e. The molecule has 0 saturated heterocycles. The number of nitrogens with zero attached hydrogens (tertiary/aromatic N) is 3. The van der Waals surface area contributed by atoms with E-state index < -0.39 is 0 Å². The van der Waals surface area contributed by atoms with E-state index in [1.807, 2.05) is 29.0 Å². The molecule has 1 amide bonds. The Morgan fingerprint density at radius 2 is 2.32 bits per heavy atom. The highest BCUT2D eigenvalue weighted by molar-refractivity contribution is 5.94. The number of benzene rings is 1. The fourth-order valence-corrected chi connectivity index (χ4v) is 1.74. The quantitative estimate of drug-likeness (QED) is 0.901. The SMILES string of the molecule is CC(CO)N(C)C(=O)c1cccc(-n2ccnc2)c1. The molecule has 1 unspecified atom stereocenters. The number of aromatic nitrogens is 2. The van der Waals surface area contributed by atoms with Gasteiger partial charge in [0.2, 0.25) is 0 Å². The van der Waals surface area contributed by atoms with Crippen LogP contribution in [0.4, 0.5) is 0 Å². The van der Waals surface area contributed by atoms with Crippen LogP contribution in [0.1, 0.15) is 17.3 Å². The molecule has 1 atom stereocenters. The zero-order valence-corrected chi connectivity index (χ0v) is 11.0. The first kappa shape index (κ1) is 13.3. The molecule has 0 bridgehead atoms. The monoisotopic (exact) mass is 259 g/mol. The summed E-state index contributed by atoms with van der Waals surface area (Å²) in [5, 5.41) is 9.10. The van der Waals surface area contributed by atoms with Crippen molar-refractivity contribution in [1.29, 1.82) is 0 Å². The van der Waals surface area contributed by atoms with E-state index >= 15 is 0 Å². The summed E-state index contributed by atoms with van der Waals surface area (Å²) in [6, 6.07) is 7.12.